The van der Waals surface area contributed by atoms with E-state index < -0.39 is 0 Å². The van der Waals surface area contributed by atoms with E-state index in [1.807, 2.05) is 0 Å². The first-order chi connectivity index (χ1) is 7.00. The van der Waals surface area contributed by atoms with E-state index in [2.05, 4.69) is 30.7 Å². The molecule has 2 unspecified atom stereocenters. The van der Waals surface area contributed by atoms with E-state index in [4.69, 9.17) is 5.73 Å². The lowest BCUT2D eigenvalue weighted by molar-refractivity contribution is 0.0340. The molecule has 2 N–H and O–H groups in total. The molecule has 88 valence electrons. The molecule has 1 aliphatic carbocycles. The van der Waals surface area contributed by atoms with Gasteiger partial charge in [-0.25, -0.2) is 0 Å². The van der Waals surface area contributed by atoms with Crippen LogP contribution < -0.4 is 5.73 Å². The summed E-state index contributed by atoms with van der Waals surface area (Å²) in [7, 11) is 2.23. The molecular formula is C12H25N3. The minimum Gasteiger partial charge on any atom is -0.324 e. The van der Waals surface area contributed by atoms with Gasteiger partial charge in [-0.15, -0.1) is 0 Å². The maximum Gasteiger partial charge on any atom is 0.0283 e. The summed E-state index contributed by atoms with van der Waals surface area (Å²) in [6.07, 6.45) is 3.78. The SMILES string of the molecule is CC1CN(CC2(N)CCC2)CC(C)N1C. The summed E-state index contributed by atoms with van der Waals surface area (Å²) in [5, 5.41) is 0. The number of nitrogens with zero attached hydrogens (tertiary/aromatic N) is 2. The van der Waals surface area contributed by atoms with Gasteiger partial charge in [0.1, 0.15) is 0 Å². The van der Waals surface area contributed by atoms with Gasteiger partial charge in [-0.2, -0.15) is 0 Å². The van der Waals surface area contributed by atoms with Crippen molar-refractivity contribution in [2.75, 3.05) is 26.7 Å². The van der Waals surface area contributed by atoms with Crippen LogP contribution in [0.15, 0.2) is 0 Å². The van der Waals surface area contributed by atoms with Crippen molar-refractivity contribution in [1.29, 1.82) is 0 Å². The van der Waals surface area contributed by atoms with Gasteiger partial charge in [0.2, 0.25) is 0 Å². The molecule has 0 aromatic carbocycles. The molecule has 1 heterocycles. The van der Waals surface area contributed by atoms with Crippen molar-refractivity contribution < 1.29 is 0 Å². The van der Waals surface area contributed by atoms with Crippen molar-refractivity contribution in [2.45, 2.75) is 50.7 Å². The fourth-order valence-corrected chi connectivity index (χ4v) is 2.88. The van der Waals surface area contributed by atoms with Crippen LogP contribution in [0.2, 0.25) is 0 Å². The van der Waals surface area contributed by atoms with Crippen molar-refractivity contribution in [3.63, 3.8) is 0 Å². The second-order valence-electron chi connectivity index (χ2n) is 5.77. The fourth-order valence-electron chi connectivity index (χ4n) is 2.88. The molecule has 0 aromatic heterocycles. The highest BCUT2D eigenvalue weighted by molar-refractivity contribution is 4.97. The molecule has 0 aromatic rings. The fraction of sp³-hybridized carbons (Fsp3) is 1.00. The highest BCUT2D eigenvalue weighted by Crippen LogP contribution is 2.30. The normalized spacial score (nSPS) is 37.6. The van der Waals surface area contributed by atoms with Gasteiger partial charge in [-0.3, -0.25) is 9.80 Å². The Bertz CT molecular complexity index is 213. The first-order valence-electron chi connectivity index (χ1n) is 6.23. The number of rotatable bonds is 2. The topological polar surface area (TPSA) is 32.5 Å². The zero-order chi connectivity index (χ0) is 11.1. The number of hydrogen-bond donors (Lipinski definition) is 1. The first kappa shape index (κ1) is 11.4. The highest BCUT2D eigenvalue weighted by Gasteiger charge is 2.36. The lowest BCUT2D eigenvalue weighted by atomic mass is 9.77. The Morgan fingerprint density at radius 1 is 1.20 bits per heavy atom. The molecule has 0 amide bonds. The van der Waals surface area contributed by atoms with Crippen LogP contribution in [0.25, 0.3) is 0 Å². The molecule has 15 heavy (non-hydrogen) atoms. The van der Waals surface area contributed by atoms with Crippen molar-refractivity contribution in [2.24, 2.45) is 5.73 Å². The second kappa shape index (κ2) is 4.04. The zero-order valence-electron chi connectivity index (χ0n) is 10.4. The van der Waals surface area contributed by atoms with Gasteiger partial charge in [-0.1, -0.05) is 0 Å². The van der Waals surface area contributed by atoms with Crippen molar-refractivity contribution in [1.82, 2.24) is 9.80 Å². The average molecular weight is 211 g/mol. The van der Waals surface area contributed by atoms with Crippen molar-refractivity contribution in [3.05, 3.63) is 0 Å². The van der Waals surface area contributed by atoms with E-state index in [0.717, 1.165) is 6.54 Å². The van der Waals surface area contributed by atoms with Crippen LogP contribution in [-0.2, 0) is 0 Å². The number of hydrogen-bond acceptors (Lipinski definition) is 3. The van der Waals surface area contributed by atoms with E-state index in [0.29, 0.717) is 12.1 Å². The lowest BCUT2D eigenvalue weighted by Crippen LogP contribution is -2.61. The molecule has 1 saturated heterocycles. The molecule has 3 heteroatoms. The Hall–Kier alpha value is -0.120. The third kappa shape index (κ3) is 2.35. The molecule has 2 fully saturated rings. The van der Waals surface area contributed by atoms with E-state index >= 15 is 0 Å². The minimum absolute atomic E-state index is 0.148. The first-order valence-corrected chi connectivity index (χ1v) is 6.23. The maximum absolute atomic E-state index is 6.30. The Kier molecular flexibility index (Phi) is 3.06. The summed E-state index contributed by atoms with van der Waals surface area (Å²) >= 11 is 0. The van der Waals surface area contributed by atoms with Crippen molar-refractivity contribution >= 4 is 0 Å². The number of piperazine rings is 1. The Balaban J connectivity index is 1.88. The van der Waals surface area contributed by atoms with Crippen LogP contribution in [0.4, 0.5) is 0 Å². The predicted octanol–water partition coefficient (Wildman–Crippen LogP) is 0.892. The summed E-state index contributed by atoms with van der Waals surface area (Å²) in [6.45, 7) is 8.09. The molecular weight excluding hydrogens is 186 g/mol. The van der Waals surface area contributed by atoms with Crippen LogP contribution >= 0.6 is 0 Å². The largest absolute Gasteiger partial charge is 0.324 e. The molecule has 2 aliphatic rings. The van der Waals surface area contributed by atoms with Gasteiger partial charge in [-0.05, 0) is 40.2 Å². The Morgan fingerprint density at radius 3 is 2.13 bits per heavy atom. The average Bonchev–Trinajstić information content (AvgIpc) is 2.11. The number of likely N-dealkylation sites (N-methyl/N-ethyl adjacent to an activating group) is 1. The molecule has 1 aliphatic heterocycles. The van der Waals surface area contributed by atoms with E-state index in [-0.39, 0.29) is 5.54 Å². The summed E-state index contributed by atoms with van der Waals surface area (Å²) in [5.74, 6) is 0. The molecule has 0 spiro atoms. The quantitative estimate of drug-likeness (QED) is 0.736. The molecule has 0 radical (unpaired) electrons. The lowest BCUT2D eigenvalue weighted by Gasteiger charge is -2.48. The van der Waals surface area contributed by atoms with Gasteiger partial charge in [0.25, 0.3) is 0 Å². The minimum atomic E-state index is 0.148. The van der Waals surface area contributed by atoms with Crippen LogP contribution in [0.3, 0.4) is 0 Å². The molecule has 2 atom stereocenters. The van der Waals surface area contributed by atoms with Gasteiger partial charge < -0.3 is 5.73 Å². The maximum atomic E-state index is 6.30. The Labute approximate surface area is 93.6 Å². The summed E-state index contributed by atoms with van der Waals surface area (Å²) in [5.41, 5.74) is 6.45. The molecule has 3 nitrogen and oxygen atoms in total. The van der Waals surface area contributed by atoms with Gasteiger partial charge in [0.15, 0.2) is 0 Å². The van der Waals surface area contributed by atoms with Gasteiger partial charge in [0, 0.05) is 37.3 Å². The Morgan fingerprint density at radius 2 is 1.73 bits per heavy atom. The summed E-state index contributed by atoms with van der Waals surface area (Å²) in [6, 6.07) is 1.33. The standard InChI is InChI=1S/C12H25N3/c1-10-7-15(8-11(2)14(10)3)9-12(13)5-4-6-12/h10-11H,4-9,13H2,1-3H3. The van der Waals surface area contributed by atoms with E-state index in [9.17, 15) is 0 Å². The van der Waals surface area contributed by atoms with Crippen LogP contribution in [0.5, 0.6) is 0 Å². The van der Waals surface area contributed by atoms with Gasteiger partial charge >= 0.3 is 0 Å². The smallest absolute Gasteiger partial charge is 0.0283 e. The number of nitrogens with two attached hydrogens (primary N) is 1. The molecule has 1 saturated carbocycles. The molecule has 0 bridgehead atoms. The van der Waals surface area contributed by atoms with Crippen LogP contribution in [0.1, 0.15) is 33.1 Å². The monoisotopic (exact) mass is 211 g/mol. The third-order valence-corrected chi connectivity index (χ3v) is 4.32. The second-order valence-corrected chi connectivity index (χ2v) is 5.77. The summed E-state index contributed by atoms with van der Waals surface area (Å²) < 4.78 is 0. The highest BCUT2D eigenvalue weighted by atomic mass is 15.3. The van der Waals surface area contributed by atoms with Gasteiger partial charge in [0.05, 0.1) is 0 Å². The van der Waals surface area contributed by atoms with Crippen LogP contribution in [-0.4, -0.2) is 54.1 Å². The molecule has 2 rings (SSSR count). The third-order valence-electron chi connectivity index (χ3n) is 4.32. The summed E-state index contributed by atoms with van der Waals surface area (Å²) in [4.78, 5) is 5.04. The van der Waals surface area contributed by atoms with E-state index in [1.165, 1.54) is 32.4 Å². The van der Waals surface area contributed by atoms with E-state index in [1.54, 1.807) is 0 Å². The van der Waals surface area contributed by atoms with Crippen molar-refractivity contribution in [3.8, 4) is 0 Å². The predicted molar refractivity (Wildman–Crippen MR) is 63.9 cm³/mol. The zero-order valence-corrected chi connectivity index (χ0v) is 10.4. The van der Waals surface area contributed by atoms with Crippen LogP contribution in [0, 0.1) is 0 Å².